The molecule has 1 atom stereocenters. The molecule has 1 aliphatic rings. The highest BCUT2D eigenvalue weighted by atomic mass is 16.3. The molecule has 2 N–H and O–H groups in total. The standard InChI is InChI=1S/C18H21NO2/c1-13-6-7-18(21)15(10-13)11-19-9-8-14-4-2-3-5-16(14)17(19)12-20/h2-7,10,17,20-21H,8-9,11-12H2,1H3. The Hall–Kier alpha value is -1.84. The van der Waals surface area contributed by atoms with Gasteiger partial charge in [-0.05, 0) is 30.5 Å². The number of phenolic OH excluding ortho intramolecular Hbond substituents is 1. The van der Waals surface area contributed by atoms with Crippen molar-refractivity contribution in [2.75, 3.05) is 13.2 Å². The van der Waals surface area contributed by atoms with Crippen molar-refractivity contribution in [1.82, 2.24) is 4.90 Å². The Bertz CT molecular complexity index is 639. The Morgan fingerprint density at radius 2 is 2.00 bits per heavy atom. The molecule has 3 nitrogen and oxygen atoms in total. The summed E-state index contributed by atoms with van der Waals surface area (Å²) >= 11 is 0. The second-order valence-electron chi connectivity index (χ2n) is 5.75. The summed E-state index contributed by atoms with van der Waals surface area (Å²) in [6, 6.07) is 14.0. The van der Waals surface area contributed by atoms with Crippen LogP contribution in [-0.2, 0) is 13.0 Å². The van der Waals surface area contributed by atoms with Gasteiger partial charge in [-0.3, -0.25) is 4.90 Å². The molecule has 1 heterocycles. The summed E-state index contributed by atoms with van der Waals surface area (Å²) in [6.45, 7) is 3.68. The first-order valence-corrected chi connectivity index (χ1v) is 7.40. The van der Waals surface area contributed by atoms with E-state index >= 15 is 0 Å². The third-order valence-electron chi connectivity index (χ3n) is 4.30. The van der Waals surface area contributed by atoms with Crippen molar-refractivity contribution in [3.05, 3.63) is 64.7 Å². The lowest BCUT2D eigenvalue weighted by Crippen LogP contribution is -2.36. The van der Waals surface area contributed by atoms with Crippen LogP contribution in [0.5, 0.6) is 5.75 Å². The van der Waals surface area contributed by atoms with Crippen molar-refractivity contribution in [3.8, 4) is 5.75 Å². The number of hydrogen-bond donors (Lipinski definition) is 2. The molecule has 2 aromatic carbocycles. The zero-order valence-electron chi connectivity index (χ0n) is 12.3. The van der Waals surface area contributed by atoms with Crippen molar-refractivity contribution in [2.24, 2.45) is 0 Å². The van der Waals surface area contributed by atoms with Crippen LogP contribution in [0.25, 0.3) is 0 Å². The maximum Gasteiger partial charge on any atom is 0.120 e. The maximum atomic E-state index is 10.0. The first-order valence-electron chi connectivity index (χ1n) is 7.40. The van der Waals surface area contributed by atoms with Crippen LogP contribution in [0.3, 0.4) is 0 Å². The van der Waals surface area contributed by atoms with Gasteiger partial charge in [0.2, 0.25) is 0 Å². The number of rotatable bonds is 3. The zero-order valence-corrected chi connectivity index (χ0v) is 12.3. The van der Waals surface area contributed by atoms with Gasteiger partial charge in [0.1, 0.15) is 5.75 Å². The van der Waals surface area contributed by atoms with Crippen molar-refractivity contribution in [2.45, 2.75) is 25.9 Å². The summed E-state index contributed by atoms with van der Waals surface area (Å²) < 4.78 is 0. The minimum Gasteiger partial charge on any atom is -0.508 e. The normalized spacial score (nSPS) is 18.5. The molecule has 0 saturated heterocycles. The lowest BCUT2D eigenvalue weighted by Gasteiger charge is -2.36. The fraction of sp³-hybridized carbons (Fsp3) is 0.333. The lowest BCUT2D eigenvalue weighted by molar-refractivity contribution is 0.107. The van der Waals surface area contributed by atoms with E-state index in [1.807, 2.05) is 25.1 Å². The van der Waals surface area contributed by atoms with Crippen LogP contribution in [-0.4, -0.2) is 28.3 Å². The highest BCUT2D eigenvalue weighted by Crippen LogP contribution is 2.32. The highest BCUT2D eigenvalue weighted by molar-refractivity contribution is 5.37. The van der Waals surface area contributed by atoms with Gasteiger partial charge in [0, 0.05) is 18.7 Å². The van der Waals surface area contributed by atoms with E-state index in [0.29, 0.717) is 12.3 Å². The fourth-order valence-electron chi connectivity index (χ4n) is 3.17. The number of aliphatic hydroxyl groups excluding tert-OH is 1. The molecule has 0 aromatic heterocycles. The molecule has 0 bridgehead atoms. The summed E-state index contributed by atoms with van der Waals surface area (Å²) in [6.07, 6.45) is 0.985. The summed E-state index contributed by atoms with van der Waals surface area (Å²) in [5.41, 5.74) is 4.59. The molecule has 2 aromatic rings. The smallest absolute Gasteiger partial charge is 0.120 e. The monoisotopic (exact) mass is 283 g/mol. The van der Waals surface area contributed by atoms with Crippen molar-refractivity contribution in [3.63, 3.8) is 0 Å². The number of phenols is 1. The summed E-state index contributed by atoms with van der Waals surface area (Å²) in [5.74, 6) is 0.330. The van der Waals surface area contributed by atoms with E-state index in [9.17, 15) is 10.2 Å². The Morgan fingerprint density at radius 1 is 1.19 bits per heavy atom. The zero-order chi connectivity index (χ0) is 14.8. The topological polar surface area (TPSA) is 43.7 Å². The van der Waals surface area contributed by atoms with Crippen molar-refractivity contribution >= 4 is 0 Å². The van der Waals surface area contributed by atoms with Crippen LogP contribution in [0, 0.1) is 6.92 Å². The molecule has 1 aliphatic heterocycles. The van der Waals surface area contributed by atoms with E-state index in [1.54, 1.807) is 6.07 Å². The average Bonchev–Trinajstić information content (AvgIpc) is 2.50. The van der Waals surface area contributed by atoms with Crippen LogP contribution in [0.1, 0.15) is 28.3 Å². The molecule has 110 valence electrons. The SMILES string of the molecule is Cc1ccc(O)c(CN2CCc3ccccc3C2CO)c1. The minimum absolute atomic E-state index is 0.00913. The fourth-order valence-corrected chi connectivity index (χ4v) is 3.17. The van der Waals surface area contributed by atoms with Crippen LogP contribution in [0.2, 0.25) is 0 Å². The number of aliphatic hydroxyl groups is 1. The average molecular weight is 283 g/mol. The van der Waals surface area contributed by atoms with Crippen molar-refractivity contribution in [1.29, 1.82) is 0 Å². The quantitative estimate of drug-likeness (QED) is 0.910. The lowest BCUT2D eigenvalue weighted by atomic mass is 9.92. The number of fused-ring (bicyclic) bond motifs is 1. The highest BCUT2D eigenvalue weighted by Gasteiger charge is 2.26. The van der Waals surface area contributed by atoms with Gasteiger partial charge in [-0.25, -0.2) is 0 Å². The molecule has 0 amide bonds. The molecule has 21 heavy (non-hydrogen) atoms. The maximum absolute atomic E-state index is 10.0. The molecular formula is C18H21NO2. The Labute approximate surface area is 125 Å². The second kappa shape index (κ2) is 5.88. The minimum atomic E-state index is 0.00913. The predicted octanol–water partition coefficient (Wildman–Crippen LogP) is 2.79. The Morgan fingerprint density at radius 3 is 2.81 bits per heavy atom. The van der Waals surface area contributed by atoms with Gasteiger partial charge in [-0.1, -0.05) is 42.0 Å². The predicted molar refractivity (Wildman–Crippen MR) is 83.2 cm³/mol. The molecule has 3 rings (SSSR count). The van der Waals surface area contributed by atoms with Gasteiger partial charge in [0.15, 0.2) is 0 Å². The number of aryl methyl sites for hydroxylation is 1. The van der Waals surface area contributed by atoms with Gasteiger partial charge in [0.25, 0.3) is 0 Å². The van der Waals surface area contributed by atoms with Crippen LogP contribution in [0.15, 0.2) is 42.5 Å². The Balaban J connectivity index is 1.88. The van der Waals surface area contributed by atoms with E-state index < -0.39 is 0 Å². The third-order valence-corrected chi connectivity index (χ3v) is 4.30. The molecule has 0 saturated carbocycles. The Kier molecular flexibility index (Phi) is 3.95. The third kappa shape index (κ3) is 2.80. The van der Waals surface area contributed by atoms with E-state index in [4.69, 9.17) is 0 Å². The number of nitrogens with zero attached hydrogens (tertiary/aromatic N) is 1. The van der Waals surface area contributed by atoms with Gasteiger partial charge in [0.05, 0.1) is 12.6 Å². The van der Waals surface area contributed by atoms with E-state index in [1.165, 1.54) is 11.1 Å². The van der Waals surface area contributed by atoms with Gasteiger partial charge < -0.3 is 10.2 Å². The first-order chi connectivity index (χ1) is 10.2. The number of aromatic hydroxyl groups is 1. The van der Waals surface area contributed by atoms with Crippen LogP contribution >= 0.6 is 0 Å². The summed E-state index contributed by atoms with van der Waals surface area (Å²) in [5, 5.41) is 19.8. The molecule has 3 heteroatoms. The van der Waals surface area contributed by atoms with E-state index in [-0.39, 0.29) is 12.6 Å². The van der Waals surface area contributed by atoms with Crippen LogP contribution < -0.4 is 0 Å². The van der Waals surface area contributed by atoms with Gasteiger partial charge in [-0.2, -0.15) is 0 Å². The van der Waals surface area contributed by atoms with E-state index in [2.05, 4.69) is 23.1 Å². The van der Waals surface area contributed by atoms with Crippen LogP contribution in [0.4, 0.5) is 0 Å². The number of hydrogen-bond acceptors (Lipinski definition) is 3. The molecule has 0 fully saturated rings. The van der Waals surface area contributed by atoms with Crippen molar-refractivity contribution < 1.29 is 10.2 Å². The molecule has 0 spiro atoms. The molecule has 0 aliphatic carbocycles. The molecular weight excluding hydrogens is 262 g/mol. The second-order valence-corrected chi connectivity index (χ2v) is 5.75. The number of benzene rings is 2. The first kappa shape index (κ1) is 14.1. The summed E-state index contributed by atoms with van der Waals surface area (Å²) in [4.78, 5) is 2.25. The molecule has 0 radical (unpaired) electrons. The summed E-state index contributed by atoms with van der Waals surface area (Å²) in [7, 11) is 0. The van der Waals surface area contributed by atoms with E-state index in [0.717, 1.165) is 24.1 Å². The van der Waals surface area contributed by atoms with Gasteiger partial charge in [-0.15, -0.1) is 0 Å². The largest absolute Gasteiger partial charge is 0.508 e. The van der Waals surface area contributed by atoms with Gasteiger partial charge >= 0.3 is 0 Å². The molecule has 1 unspecified atom stereocenters.